The van der Waals surface area contributed by atoms with Crippen molar-refractivity contribution in [2.75, 3.05) is 25.0 Å². The van der Waals surface area contributed by atoms with E-state index in [9.17, 15) is 4.79 Å². The normalized spacial score (nSPS) is 23.3. The van der Waals surface area contributed by atoms with E-state index in [0.29, 0.717) is 0 Å². The minimum Gasteiger partial charge on any atom is -0.357 e. The SMILES string of the molecule is CNCCC1C(=O)NC(C)CN1c1ccc(C)cc1. The minimum absolute atomic E-state index is 0.0774. The highest BCUT2D eigenvalue weighted by Crippen LogP contribution is 2.22. The van der Waals surface area contributed by atoms with E-state index in [2.05, 4.69) is 46.7 Å². The molecule has 1 aromatic rings. The van der Waals surface area contributed by atoms with Crippen LogP contribution in [0.1, 0.15) is 18.9 Å². The van der Waals surface area contributed by atoms with E-state index >= 15 is 0 Å². The maximum atomic E-state index is 12.2. The highest BCUT2D eigenvalue weighted by atomic mass is 16.2. The van der Waals surface area contributed by atoms with Crippen molar-refractivity contribution in [1.82, 2.24) is 10.6 Å². The van der Waals surface area contributed by atoms with Crippen LogP contribution in [0.15, 0.2) is 24.3 Å². The Balaban J connectivity index is 2.21. The third kappa shape index (κ3) is 3.26. The molecular formula is C15H23N3O. The number of nitrogens with zero attached hydrogens (tertiary/aromatic N) is 1. The van der Waals surface area contributed by atoms with Crippen LogP contribution in [0.25, 0.3) is 0 Å². The van der Waals surface area contributed by atoms with Crippen molar-refractivity contribution in [2.24, 2.45) is 0 Å². The van der Waals surface area contributed by atoms with Crippen LogP contribution in [0.2, 0.25) is 0 Å². The second kappa shape index (κ2) is 6.06. The van der Waals surface area contributed by atoms with Crippen molar-refractivity contribution in [2.45, 2.75) is 32.4 Å². The maximum absolute atomic E-state index is 12.2. The molecule has 1 aliphatic heterocycles. The highest BCUT2D eigenvalue weighted by molar-refractivity contribution is 5.87. The average Bonchev–Trinajstić information content (AvgIpc) is 2.38. The molecule has 2 rings (SSSR count). The molecule has 0 aliphatic carbocycles. The molecule has 1 aromatic carbocycles. The molecule has 19 heavy (non-hydrogen) atoms. The van der Waals surface area contributed by atoms with Crippen molar-refractivity contribution >= 4 is 11.6 Å². The van der Waals surface area contributed by atoms with Crippen LogP contribution in [0.4, 0.5) is 5.69 Å². The van der Waals surface area contributed by atoms with Crippen LogP contribution >= 0.6 is 0 Å². The number of carbonyl (C=O) groups excluding carboxylic acids is 1. The smallest absolute Gasteiger partial charge is 0.243 e. The zero-order chi connectivity index (χ0) is 13.8. The summed E-state index contributed by atoms with van der Waals surface area (Å²) < 4.78 is 0. The van der Waals surface area contributed by atoms with Crippen molar-refractivity contribution in [1.29, 1.82) is 0 Å². The molecule has 0 aromatic heterocycles. The number of aryl methyl sites for hydroxylation is 1. The second-order valence-corrected chi connectivity index (χ2v) is 5.31. The average molecular weight is 261 g/mol. The third-order valence-electron chi connectivity index (χ3n) is 3.57. The summed E-state index contributed by atoms with van der Waals surface area (Å²) in [5, 5.41) is 6.16. The number of nitrogens with one attached hydrogen (secondary N) is 2. The number of anilines is 1. The largest absolute Gasteiger partial charge is 0.357 e. The van der Waals surface area contributed by atoms with Crippen molar-refractivity contribution < 1.29 is 4.79 Å². The van der Waals surface area contributed by atoms with Gasteiger partial charge in [-0.05, 0) is 46.0 Å². The second-order valence-electron chi connectivity index (χ2n) is 5.31. The number of piperazine rings is 1. The fourth-order valence-electron chi connectivity index (χ4n) is 2.54. The first-order valence-corrected chi connectivity index (χ1v) is 6.90. The Bertz CT molecular complexity index is 430. The summed E-state index contributed by atoms with van der Waals surface area (Å²) in [7, 11) is 1.92. The first-order chi connectivity index (χ1) is 9.11. The highest BCUT2D eigenvalue weighted by Gasteiger charge is 2.32. The number of hydrogen-bond donors (Lipinski definition) is 2. The zero-order valence-electron chi connectivity index (χ0n) is 11.9. The molecule has 0 spiro atoms. The Morgan fingerprint density at radius 2 is 2.05 bits per heavy atom. The summed E-state index contributed by atoms with van der Waals surface area (Å²) in [4.78, 5) is 14.4. The standard InChI is InChI=1S/C15H23N3O/c1-11-4-6-13(7-5-11)18-10-12(2)17-15(19)14(18)8-9-16-3/h4-7,12,14,16H,8-10H2,1-3H3,(H,17,19). The van der Waals surface area contributed by atoms with Gasteiger partial charge in [0.1, 0.15) is 6.04 Å². The minimum atomic E-state index is -0.0774. The van der Waals surface area contributed by atoms with E-state index in [0.717, 1.165) is 25.2 Å². The van der Waals surface area contributed by atoms with Gasteiger partial charge in [-0.1, -0.05) is 17.7 Å². The van der Waals surface area contributed by atoms with Gasteiger partial charge >= 0.3 is 0 Å². The number of benzene rings is 1. The van der Waals surface area contributed by atoms with Crippen molar-refractivity contribution in [3.63, 3.8) is 0 Å². The Hall–Kier alpha value is -1.55. The van der Waals surface area contributed by atoms with Gasteiger partial charge in [-0.25, -0.2) is 0 Å². The van der Waals surface area contributed by atoms with Gasteiger partial charge in [-0.3, -0.25) is 4.79 Å². The molecule has 0 bridgehead atoms. The van der Waals surface area contributed by atoms with E-state index in [1.54, 1.807) is 0 Å². The number of carbonyl (C=O) groups is 1. The summed E-state index contributed by atoms with van der Waals surface area (Å²) in [6.45, 7) is 5.83. The van der Waals surface area contributed by atoms with Crippen LogP contribution in [-0.4, -0.2) is 38.1 Å². The lowest BCUT2D eigenvalue weighted by molar-refractivity contribution is -0.124. The van der Waals surface area contributed by atoms with E-state index in [1.165, 1.54) is 5.56 Å². The molecule has 4 heteroatoms. The molecule has 1 heterocycles. The van der Waals surface area contributed by atoms with Crippen LogP contribution in [0.5, 0.6) is 0 Å². The number of amides is 1. The molecule has 1 amide bonds. The maximum Gasteiger partial charge on any atom is 0.243 e. The zero-order valence-corrected chi connectivity index (χ0v) is 11.9. The molecule has 0 saturated carbocycles. The van der Waals surface area contributed by atoms with E-state index < -0.39 is 0 Å². The summed E-state index contributed by atoms with van der Waals surface area (Å²) in [5.41, 5.74) is 2.37. The van der Waals surface area contributed by atoms with Crippen molar-refractivity contribution in [3.8, 4) is 0 Å². The molecule has 104 valence electrons. The van der Waals surface area contributed by atoms with Gasteiger partial charge in [0.05, 0.1) is 0 Å². The lowest BCUT2D eigenvalue weighted by atomic mass is 10.0. The molecule has 1 saturated heterocycles. The molecule has 1 fully saturated rings. The van der Waals surface area contributed by atoms with Crippen LogP contribution in [0.3, 0.4) is 0 Å². The monoisotopic (exact) mass is 261 g/mol. The van der Waals surface area contributed by atoms with Gasteiger partial charge in [0, 0.05) is 18.3 Å². The van der Waals surface area contributed by atoms with E-state index in [-0.39, 0.29) is 18.0 Å². The van der Waals surface area contributed by atoms with Crippen molar-refractivity contribution in [3.05, 3.63) is 29.8 Å². The quantitative estimate of drug-likeness (QED) is 0.858. The topological polar surface area (TPSA) is 44.4 Å². The van der Waals surface area contributed by atoms with Gasteiger partial charge in [0.2, 0.25) is 5.91 Å². The van der Waals surface area contributed by atoms with Gasteiger partial charge in [-0.2, -0.15) is 0 Å². The molecule has 2 atom stereocenters. The predicted octanol–water partition coefficient (Wildman–Crippen LogP) is 1.30. The summed E-state index contributed by atoms with van der Waals surface area (Å²) in [6, 6.07) is 8.52. The molecule has 2 unspecified atom stereocenters. The molecule has 2 N–H and O–H groups in total. The Morgan fingerprint density at radius 1 is 1.37 bits per heavy atom. The van der Waals surface area contributed by atoms with Crippen LogP contribution in [0, 0.1) is 6.92 Å². The Morgan fingerprint density at radius 3 is 2.68 bits per heavy atom. The number of rotatable bonds is 4. The molecular weight excluding hydrogens is 238 g/mol. The lowest BCUT2D eigenvalue weighted by Crippen LogP contribution is -2.59. The Kier molecular flexibility index (Phi) is 4.43. The fourth-order valence-corrected chi connectivity index (χ4v) is 2.54. The van der Waals surface area contributed by atoms with Gasteiger partial charge < -0.3 is 15.5 Å². The molecule has 0 radical (unpaired) electrons. The molecule has 1 aliphatic rings. The van der Waals surface area contributed by atoms with Crippen LogP contribution in [-0.2, 0) is 4.79 Å². The first kappa shape index (κ1) is 13.9. The van der Waals surface area contributed by atoms with Crippen LogP contribution < -0.4 is 15.5 Å². The Labute approximate surface area is 115 Å². The predicted molar refractivity (Wildman–Crippen MR) is 78.5 cm³/mol. The van der Waals surface area contributed by atoms with E-state index in [1.807, 2.05) is 14.0 Å². The van der Waals surface area contributed by atoms with Gasteiger partial charge in [0.15, 0.2) is 0 Å². The summed E-state index contributed by atoms with van der Waals surface area (Å²) >= 11 is 0. The summed E-state index contributed by atoms with van der Waals surface area (Å²) in [5.74, 6) is 0.134. The number of hydrogen-bond acceptors (Lipinski definition) is 3. The van der Waals surface area contributed by atoms with E-state index in [4.69, 9.17) is 0 Å². The van der Waals surface area contributed by atoms with Gasteiger partial charge in [0.25, 0.3) is 0 Å². The summed E-state index contributed by atoms with van der Waals surface area (Å²) in [6.07, 6.45) is 0.822. The molecule has 4 nitrogen and oxygen atoms in total. The fraction of sp³-hybridized carbons (Fsp3) is 0.533. The first-order valence-electron chi connectivity index (χ1n) is 6.90. The lowest BCUT2D eigenvalue weighted by Gasteiger charge is -2.40. The third-order valence-corrected chi connectivity index (χ3v) is 3.57. The van der Waals surface area contributed by atoms with Gasteiger partial charge in [-0.15, -0.1) is 0 Å².